The van der Waals surface area contributed by atoms with Gasteiger partial charge < -0.3 is 4.74 Å². The molecular weight excluding hydrogens is 1270 g/mol. The summed E-state index contributed by atoms with van der Waals surface area (Å²) in [7, 11) is 1.76. The van der Waals surface area contributed by atoms with Gasteiger partial charge >= 0.3 is 0 Å². The predicted octanol–water partition coefficient (Wildman–Crippen LogP) is 31.3. The van der Waals surface area contributed by atoms with E-state index in [0.29, 0.717) is 6.61 Å². The highest BCUT2D eigenvalue weighted by molar-refractivity contribution is 5.70. The minimum Gasteiger partial charge on any atom is -0.380 e. The second kappa shape index (κ2) is 41.2. The maximum Gasteiger partial charge on any atom is 0.0713 e. The van der Waals surface area contributed by atoms with Crippen LogP contribution in [0.5, 0.6) is 0 Å². The zero-order chi connectivity index (χ0) is 71.8. The van der Waals surface area contributed by atoms with E-state index in [0.717, 1.165) is 94.7 Å². The van der Waals surface area contributed by atoms with E-state index < -0.39 is 0 Å². The van der Waals surface area contributed by atoms with Crippen molar-refractivity contribution in [3.05, 3.63) is 203 Å². The van der Waals surface area contributed by atoms with Crippen LogP contribution in [-0.4, -0.2) is 7.11 Å². The van der Waals surface area contributed by atoms with E-state index in [1.165, 1.54) is 250 Å². The third-order valence-corrected chi connectivity index (χ3v) is 30.5. The highest BCUT2D eigenvalue weighted by Gasteiger charge is 2.37. The van der Waals surface area contributed by atoms with Crippen LogP contribution in [0.15, 0.2) is 158 Å². The fraction of sp³-hybridized carbons (Fsp3) is 0.635. The van der Waals surface area contributed by atoms with E-state index in [-0.39, 0.29) is 0 Å². The van der Waals surface area contributed by atoms with E-state index in [1.54, 1.807) is 119 Å². The van der Waals surface area contributed by atoms with Crippen molar-refractivity contribution in [1.29, 1.82) is 0 Å². The Hall–Kier alpha value is -4.98. The molecule has 6 aromatic carbocycles. The minimum absolute atomic E-state index is 0.712. The van der Waals surface area contributed by atoms with Crippen molar-refractivity contribution < 1.29 is 4.74 Å². The van der Waals surface area contributed by atoms with Gasteiger partial charge in [-0.25, -0.2) is 0 Å². The number of aryl methyl sites for hydroxylation is 1. The third-order valence-electron chi connectivity index (χ3n) is 30.5. The summed E-state index contributed by atoms with van der Waals surface area (Å²) in [6.07, 6.45) is 69.1. The molecule has 0 amide bonds. The molecule has 1 heteroatoms. The Bertz CT molecular complexity index is 3330. The van der Waals surface area contributed by atoms with Gasteiger partial charge in [-0.3, -0.25) is 0 Å². The summed E-state index contributed by atoms with van der Waals surface area (Å²) in [5.41, 5.74) is 17.4. The molecule has 6 aromatic rings. The lowest BCUT2D eigenvalue weighted by Gasteiger charge is -2.42. The van der Waals surface area contributed by atoms with Crippen LogP contribution in [0.25, 0.3) is 22.3 Å². The average molecular weight is 1410 g/mol. The van der Waals surface area contributed by atoms with E-state index in [1.807, 2.05) is 0 Å². The SMILES string of the molecule is C=CCC1CCC(C2CCC(c3ccc(C4CCCC4)cc3)CC2)CC1.CCCC1CCC(C2CCC(C3CCC(C4CCCC4)CC3)CC2)CC1.CCCCc1ccc(-c2ccc(-c3ccc(C4CCCC4)cc3)cc2)cc1.COCc1ccc(C2CCC(c3ccc(C4CCCC4)cc3)CC2)cc1. The van der Waals surface area contributed by atoms with Crippen molar-refractivity contribution in [3.8, 4) is 22.3 Å². The number of methoxy groups -OCH3 is 1. The maximum absolute atomic E-state index is 5.22. The lowest BCUT2D eigenvalue weighted by molar-refractivity contribution is 0.0952. The number of rotatable bonds is 21. The third kappa shape index (κ3) is 22.4. The first kappa shape index (κ1) is 78.2. The van der Waals surface area contributed by atoms with Crippen molar-refractivity contribution in [2.75, 3.05) is 7.11 Å². The number of hydrogen-bond donors (Lipinski definition) is 0. The van der Waals surface area contributed by atoms with Crippen molar-refractivity contribution >= 4 is 0 Å². The summed E-state index contributed by atoms with van der Waals surface area (Å²) in [5, 5.41) is 0. The summed E-state index contributed by atoms with van der Waals surface area (Å²) < 4.78 is 5.22. The first-order valence-corrected chi connectivity index (χ1v) is 45.5. The molecule has 10 aliphatic rings. The number of hydrogen-bond acceptors (Lipinski definition) is 1. The first-order chi connectivity index (χ1) is 51.8. The Morgan fingerprint density at radius 3 is 0.848 bits per heavy atom. The number of ether oxygens (including phenoxy) is 1. The Kier molecular flexibility index (Phi) is 30.6. The van der Waals surface area contributed by atoms with E-state index in [4.69, 9.17) is 4.74 Å². The maximum atomic E-state index is 5.22. The van der Waals surface area contributed by atoms with Crippen LogP contribution in [0.1, 0.15) is 383 Å². The second-order valence-corrected chi connectivity index (χ2v) is 36.9. The summed E-state index contributed by atoms with van der Waals surface area (Å²) >= 11 is 0. The molecule has 0 spiro atoms. The van der Waals surface area contributed by atoms with Crippen LogP contribution in [-0.2, 0) is 17.8 Å². The van der Waals surface area contributed by atoms with Gasteiger partial charge in [0.2, 0.25) is 0 Å². The van der Waals surface area contributed by atoms with Crippen LogP contribution >= 0.6 is 0 Å². The fourth-order valence-corrected chi connectivity index (χ4v) is 23.7. The molecule has 10 fully saturated rings. The van der Waals surface area contributed by atoms with E-state index in [9.17, 15) is 0 Å². The molecule has 0 heterocycles. The molecule has 0 N–H and O–H groups in total. The summed E-state index contributed by atoms with van der Waals surface area (Å²) in [6, 6.07) is 56.0. The topological polar surface area (TPSA) is 9.23 Å². The standard InChI is InChI=1S/C27H30.C26H46.C26H38.C25H32O/c1-2-3-6-21-9-11-23(12-10-21)25-17-19-27(20-18-25)26-15-13-24(14-16-26)22-7-4-5-8-22;2*1-2-5-20-8-10-22(11-9-20)24-16-18-26(19-17-24)25-14-12-23(13-15-25)21-6-3-4-7-21;1-26-18-19-6-8-21(9-7-19)23-14-16-25(17-15-23)24-12-10-22(11-13-24)20-4-2-3-5-20/h9-20,22H,2-8H2,1H3;20-26H,2-19H2,1H3;2,12-15,20-22,24,26H,1,3-11,16-19H2;6-13,20,23,25H,2-5,14-18H2,1H3. The van der Waals surface area contributed by atoms with Crippen LogP contribution in [0.3, 0.4) is 0 Å². The number of allylic oxidation sites excluding steroid dienone is 1. The summed E-state index contributed by atoms with van der Waals surface area (Å²) in [5.74, 6) is 15.6. The Morgan fingerprint density at radius 1 is 0.276 bits per heavy atom. The van der Waals surface area contributed by atoms with Crippen molar-refractivity contribution in [1.82, 2.24) is 0 Å². The van der Waals surface area contributed by atoms with E-state index >= 15 is 0 Å². The van der Waals surface area contributed by atoms with Gasteiger partial charge in [-0.15, -0.1) is 6.58 Å². The van der Waals surface area contributed by atoms with Gasteiger partial charge in [-0.2, -0.15) is 0 Å². The highest BCUT2D eigenvalue weighted by Crippen LogP contribution is 2.51. The van der Waals surface area contributed by atoms with E-state index in [2.05, 4.69) is 172 Å². The molecule has 10 saturated carbocycles. The van der Waals surface area contributed by atoms with Crippen LogP contribution < -0.4 is 0 Å². The molecule has 10 aliphatic carbocycles. The number of benzene rings is 6. The Morgan fingerprint density at radius 2 is 0.524 bits per heavy atom. The van der Waals surface area contributed by atoms with Gasteiger partial charge in [0, 0.05) is 7.11 Å². The normalized spacial score (nSPS) is 28.5. The summed E-state index contributed by atoms with van der Waals surface area (Å²) in [6.45, 7) is 9.26. The van der Waals surface area contributed by atoms with Gasteiger partial charge in [0.1, 0.15) is 0 Å². The summed E-state index contributed by atoms with van der Waals surface area (Å²) in [4.78, 5) is 0. The molecule has 0 aromatic heterocycles. The molecule has 0 aliphatic heterocycles. The minimum atomic E-state index is 0.712. The lowest BCUT2D eigenvalue weighted by atomic mass is 9.64. The molecule has 0 unspecified atom stereocenters. The monoisotopic (exact) mass is 1410 g/mol. The number of unbranched alkanes of at least 4 members (excludes halogenated alkanes) is 1. The van der Waals surface area contributed by atoms with Gasteiger partial charge in [0.05, 0.1) is 6.61 Å². The second-order valence-electron chi connectivity index (χ2n) is 36.9. The first-order valence-electron chi connectivity index (χ1n) is 45.5. The molecule has 0 radical (unpaired) electrons. The average Bonchev–Trinajstić information content (AvgIpc) is 1.63. The molecule has 0 atom stereocenters. The lowest BCUT2D eigenvalue weighted by Crippen LogP contribution is -2.30. The van der Waals surface area contributed by atoms with Crippen LogP contribution in [0, 0.1) is 59.2 Å². The van der Waals surface area contributed by atoms with Crippen LogP contribution in [0.2, 0.25) is 0 Å². The highest BCUT2D eigenvalue weighted by atomic mass is 16.5. The Balaban J connectivity index is 0.000000124. The fourth-order valence-electron chi connectivity index (χ4n) is 23.7. The van der Waals surface area contributed by atoms with Gasteiger partial charge in [0.25, 0.3) is 0 Å². The molecule has 0 bridgehead atoms. The molecule has 568 valence electrons. The molecule has 1 nitrogen and oxygen atoms in total. The van der Waals surface area contributed by atoms with Crippen molar-refractivity contribution in [2.45, 2.75) is 351 Å². The van der Waals surface area contributed by atoms with Gasteiger partial charge in [-0.05, 0) is 360 Å². The zero-order valence-electron chi connectivity index (χ0n) is 67.0. The van der Waals surface area contributed by atoms with Crippen LogP contribution in [0.4, 0.5) is 0 Å². The zero-order valence-corrected chi connectivity index (χ0v) is 67.0. The van der Waals surface area contributed by atoms with Crippen molar-refractivity contribution in [3.63, 3.8) is 0 Å². The van der Waals surface area contributed by atoms with Gasteiger partial charge in [0.15, 0.2) is 0 Å². The molecule has 105 heavy (non-hydrogen) atoms. The molecule has 16 rings (SSSR count). The van der Waals surface area contributed by atoms with Crippen molar-refractivity contribution in [2.24, 2.45) is 59.2 Å². The van der Waals surface area contributed by atoms with Gasteiger partial charge in [-0.1, -0.05) is 262 Å². The quantitative estimate of drug-likeness (QED) is 0.0653. The largest absolute Gasteiger partial charge is 0.380 e. The smallest absolute Gasteiger partial charge is 0.0713 e. The molecule has 0 saturated heterocycles. The Labute approximate surface area is 643 Å². The molecular formula is C104H146O. The predicted molar refractivity (Wildman–Crippen MR) is 452 cm³/mol.